The number of hydrogen-bond acceptors (Lipinski definition) is 3. The second kappa shape index (κ2) is 6.65. The lowest BCUT2D eigenvalue weighted by atomic mass is 9.75. The number of likely N-dealkylation sites (tertiary alicyclic amines) is 1. The number of halogens is 2. The Bertz CT molecular complexity index is 873. The number of alkyl halides is 2. The zero-order chi connectivity index (χ0) is 19.4. The molecule has 28 heavy (non-hydrogen) atoms. The predicted molar refractivity (Wildman–Crippen MR) is 100 cm³/mol. The van der Waals surface area contributed by atoms with E-state index in [1.165, 1.54) is 23.4 Å². The van der Waals surface area contributed by atoms with E-state index in [4.69, 9.17) is 0 Å². The fourth-order valence-corrected chi connectivity index (χ4v) is 5.47. The molecule has 1 aromatic heterocycles. The Labute approximate surface area is 162 Å². The second-order valence-electron chi connectivity index (χ2n) is 8.29. The summed E-state index contributed by atoms with van der Waals surface area (Å²) in [5.41, 5.74) is 2.58. The number of rotatable bonds is 3. The van der Waals surface area contributed by atoms with Crippen molar-refractivity contribution in [2.45, 2.75) is 44.3 Å². The maximum Gasteiger partial charge on any atom is 0.333 e. The number of aromatic nitrogens is 2. The molecule has 0 spiro atoms. The zero-order valence-electron chi connectivity index (χ0n) is 15.8. The first-order valence-corrected chi connectivity index (χ1v) is 9.98. The molecule has 4 aliphatic heterocycles. The monoisotopic (exact) mass is 386 g/mol. The molecule has 1 aromatic carbocycles. The van der Waals surface area contributed by atoms with E-state index >= 15 is 0 Å². The molecule has 148 valence electrons. The van der Waals surface area contributed by atoms with Gasteiger partial charge in [-0.1, -0.05) is 29.8 Å². The van der Waals surface area contributed by atoms with E-state index in [-0.39, 0.29) is 23.6 Å². The molecule has 3 atom stereocenters. The maximum absolute atomic E-state index is 13.2. The van der Waals surface area contributed by atoms with E-state index in [1.54, 1.807) is 0 Å². The van der Waals surface area contributed by atoms with Crippen molar-refractivity contribution in [3.63, 3.8) is 0 Å². The molecule has 0 saturated carbocycles. The molecule has 4 fully saturated rings. The summed E-state index contributed by atoms with van der Waals surface area (Å²) in [5, 5.41) is 3.83. The molecule has 0 N–H and O–H groups in total. The minimum absolute atomic E-state index is 0.111. The highest BCUT2D eigenvalue weighted by molar-refractivity contribution is 5.93. The van der Waals surface area contributed by atoms with E-state index in [0.29, 0.717) is 23.2 Å². The van der Waals surface area contributed by atoms with Crippen molar-refractivity contribution >= 4 is 5.91 Å². The number of carbonyl (C=O) groups excluding carboxylic acids is 1. The molecule has 2 aromatic rings. The number of amides is 1. The molecule has 0 radical (unpaired) electrons. The van der Waals surface area contributed by atoms with Gasteiger partial charge in [-0.2, -0.15) is 13.9 Å². The minimum atomic E-state index is -2.73. The summed E-state index contributed by atoms with van der Waals surface area (Å²) < 4.78 is 26.3. The molecule has 4 saturated heterocycles. The fraction of sp³-hybridized carbons (Fsp3) is 0.524. The van der Waals surface area contributed by atoms with Gasteiger partial charge in [-0.25, -0.2) is 4.68 Å². The van der Waals surface area contributed by atoms with E-state index in [2.05, 4.69) is 41.2 Å². The molecule has 1 amide bonds. The summed E-state index contributed by atoms with van der Waals surface area (Å²) in [7, 11) is 0. The van der Waals surface area contributed by atoms with Crippen LogP contribution in [0.15, 0.2) is 36.5 Å². The van der Waals surface area contributed by atoms with Gasteiger partial charge in [0.2, 0.25) is 0 Å². The standard InChI is InChI=1S/C21H24F2N4O/c1-13-2-4-14(5-3-13)16-12-26(18-15-6-9-25(10-7-15)19(16)18)20(28)17-8-11-27(24-17)21(22)23/h2-5,8,11,15-16,18-19,21H,6-7,9-10,12H2,1H3/t16-,18+,19+/m0/s1. The van der Waals surface area contributed by atoms with Gasteiger partial charge in [0.25, 0.3) is 5.91 Å². The smallest absolute Gasteiger partial charge is 0.332 e. The third-order valence-corrected chi connectivity index (χ3v) is 6.79. The zero-order valence-corrected chi connectivity index (χ0v) is 15.8. The van der Waals surface area contributed by atoms with Crippen molar-refractivity contribution in [1.29, 1.82) is 0 Å². The van der Waals surface area contributed by atoms with Gasteiger partial charge < -0.3 is 4.90 Å². The highest BCUT2D eigenvalue weighted by Crippen LogP contribution is 2.46. The number of hydrogen-bond donors (Lipinski definition) is 0. The molecular formula is C21H24F2N4O. The molecule has 6 rings (SSSR count). The number of benzene rings is 1. The number of carbonyl (C=O) groups is 1. The van der Waals surface area contributed by atoms with Crippen LogP contribution in [0.4, 0.5) is 8.78 Å². The highest BCUT2D eigenvalue weighted by Gasteiger charge is 2.54. The van der Waals surface area contributed by atoms with E-state index in [9.17, 15) is 13.6 Å². The minimum Gasteiger partial charge on any atom is -0.332 e. The lowest BCUT2D eigenvalue weighted by Crippen LogP contribution is -2.60. The summed E-state index contributed by atoms with van der Waals surface area (Å²) in [5.74, 6) is 0.499. The van der Waals surface area contributed by atoms with Crippen molar-refractivity contribution in [2.24, 2.45) is 5.92 Å². The Balaban J connectivity index is 1.49. The van der Waals surface area contributed by atoms with Gasteiger partial charge in [0.1, 0.15) is 0 Å². The molecule has 2 bridgehead atoms. The molecule has 5 nitrogen and oxygen atoms in total. The quantitative estimate of drug-likeness (QED) is 0.813. The molecule has 0 unspecified atom stereocenters. The van der Waals surface area contributed by atoms with E-state index in [1.807, 2.05) is 4.90 Å². The van der Waals surface area contributed by atoms with E-state index < -0.39 is 6.55 Å². The van der Waals surface area contributed by atoms with Crippen LogP contribution < -0.4 is 0 Å². The Morgan fingerprint density at radius 2 is 1.82 bits per heavy atom. The molecule has 7 heteroatoms. The molecular weight excluding hydrogens is 362 g/mol. The highest BCUT2D eigenvalue weighted by atomic mass is 19.3. The Kier molecular flexibility index (Phi) is 4.23. The van der Waals surface area contributed by atoms with Crippen LogP contribution in [0, 0.1) is 12.8 Å². The first kappa shape index (κ1) is 17.8. The molecule has 0 aliphatic carbocycles. The van der Waals surface area contributed by atoms with Crippen LogP contribution in [0.1, 0.15) is 46.9 Å². The maximum atomic E-state index is 13.2. The van der Waals surface area contributed by atoms with Crippen molar-refractivity contribution in [3.05, 3.63) is 53.3 Å². The lowest BCUT2D eigenvalue weighted by molar-refractivity contribution is -0.00373. The first-order chi connectivity index (χ1) is 13.5. The van der Waals surface area contributed by atoms with Crippen LogP contribution in [0.5, 0.6) is 0 Å². The first-order valence-electron chi connectivity index (χ1n) is 9.98. The van der Waals surface area contributed by atoms with Gasteiger partial charge in [-0.3, -0.25) is 9.69 Å². The van der Waals surface area contributed by atoms with Gasteiger partial charge in [0.05, 0.1) is 6.04 Å². The predicted octanol–water partition coefficient (Wildman–Crippen LogP) is 3.29. The number of aryl methyl sites for hydroxylation is 1. The van der Waals surface area contributed by atoms with Crippen LogP contribution in [-0.2, 0) is 0 Å². The number of fused-ring (bicyclic) bond motifs is 2. The van der Waals surface area contributed by atoms with Crippen LogP contribution in [-0.4, -0.2) is 57.2 Å². The average molecular weight is 386 g/mol. The van der Waals surface area contributed by atoms with Gasteiger partial charge >= 0.3 is 6.55 Å². The van der Waals surface area contributed by atoms with E-state index in [0.717, 1.165) is 25.9 Å². The fourth-order valence-electron chi connectivity index (χ4n) is 5.47. The normalized spacial score (nSPS) is 31.4. The SMILES string of the molecule is Cc1ccc([C@@H]2CN(C(=O)c3ccn(C(F)F)n3)[C@@H]3C4CCN(CC4)[C@@H]32)cc1. The van der Waals surface area contributed by atoms with Crippen LogP contribution in [0.25, 0.3) is 0 Å². The van der Waals surface area contributed by atoms with Crippen molar-refractivity contribution < 1.29 is 13.6 Å². The topological polar surface area (TPSA) is 41.4 Å². The second-order valence-corrected chi connectivity index (χ2v) is 8.29. The third-order valence-electron chi connectivity index (χ3n) is 6.79. The summed E-state index contributed by atoms with van der Waals surface area (Å²) in [6, 6.07) is 10.4. The van der Waals surface area contributed by atoms with Gasteiger partial charge in [0.15, 0.2) is 5.69 Å². The lowest BCUT2D eigenvalue weighted by Gasteiger charge is -2.51. The molecule has 4 aliphatic rings. The number of nitrogens with zero attached hydrogens (tertiary/aromatic N) is 4. The number of piperidine rings is 3. The van der Waals surface area contributed by atoms with Crippen LogP contribution in [0.3, 0.4) is 0 Å². The third kappa shape index (κ3) is 2.75. The van der Waals surface area contributed by atoms with Gasteiger partial charge in [-0.05, 0) is 50.4 Å². The molecule has 5 heterocycles. The summed E-state index contributed by atoms with van der Waals surface area (Å²) in [4.78, 5) is 17.7. The van der Waals surface area contributed by atoms with Crippen molar-refractivity contribution in [3.8, 4) is 0 Å². The summed E-state index contributed by atoms with van der Waals surface area (Å²) >= 11 is 0. The van der Waals surface area contributed by atoms with Gasteiger partial charge in [0, 0.05) is 24.7 Å². The Morgan fingerprint density at radius 3 is 2.46 bits per heavy atom. The van der Waals surface area contributed by atoms with Crippen molar-refractivity contribution in [2.75, 3.05) is 19.6 Å². The van der Waals surface area contributed by atoms with Crippen LogP contribution in [0.2, 0.25) is 0 Å². The van der Waals surface area contributed by atoms with Crippen LogP contribution >= 0.6 is 0 Å². The van der Waals surface area contributed by atoms with Crippen molar-refractivity contribution in [1.82, 2.24) is 19.6 Å². The Hall–Kier alpha value is -2.28. The summed E-state index contributed by atoms with van der Waals surface area (Å²) in [6.07, 6.45) is 3.37. The average Bonchev–Trinajstić information content (AvgIpc) is 3.36. The largest absolute Gasteiger partial charge is 0.333 e. The summed E-state index contributed by atoms with van der Waals surface area (Å²) in [6.45, 7) is 2.12. The Morgan fingerprint density at radius 1 is 1.11 bits per heavy atom. The van der Waals surface area contributed by atoms with Gasteiger partial charge in [-0.15, -0.1) is 0 Å².